The number of amides is 2. The standard InChI is InChI=1S/C26H34N2O2S/c1-3-15-27(26(30)20-10-5-4-6-11-20)18-24(29)28-16-13-23-22(14-17-31-23)25(28)21-12-8-7-9-19(21)2/h7-9,12,14,17,20,25H,3-6,10-11,13,15-16,18H2,1-2H3. The summed E-state index contributed by atoms with van der Waals surface area (Å²) >= 11 is 1.79. The van der Waals surface area contributed by atoms with E-state index in [1.165, 1.54) is 28.0 Å². The first-order chi connectivity index (χ1) is 15.1. The molecule has 1 aliphatic heterocycles. The molecule has 1 unspecified atom stereocenters. The summed E-state index contributed by atoms with van der Waals surface area (Å²) in [4.78, 5) is 32.1. The zero-order chi connectivity index (χ0) is 21.8. The smallest absolute Gasteiger partial charge is 0.242 e. The molecule has 1 aromatic heterocycles. The van der Waals surface area contributed by atoms with E-state index >= 15 is 0 Å². The van der Waals surface area contributed by atoms with Crippen LogP contribution < -0.4 is 0 Å². The highest BCUT2D eigenvalue weighted by atomic mass is 32.1. The number of carbonyl (C=O) groups is 2. The second-order valence-corrected chi connectivity index (χ2v) is 9.99. The van der Waals surface area contributed by atoms with Crippen molar-refractivity contribution in [2.24, 2.45) is 5.92 Å². The molecule has 0 saturated heterocycles. The van der Waals surface area contributed by atoms with Gasteiger partial charge in [-0.25, -0.2) is 0 Å². The predicted molar refractivity (Wildman–Crippen MR) is 126 cm³/mol. The summed E-state index contributed by atoms with van der Waals surface area (Å²) in [6, 6.07) is 10.5. The Balaban J connectivity index is 1.58. The van der Waals surface area contributed by atoms with Gasteiger partial charge in [-0.15, -0.1) is 11.3 Å². The highest BCUT2D eigenvalue weighted by molar-refractivity contribution is 7.10. The number of thiophene rings is 1. The van der Waals surface area contributed by atoms with E-state index in [2.05, 4.69) is 43.5 Å². The van der Waals surface area contributed by atoms with E-state index in [1.54, 1.807) is 11.3 Å². The van der Waals surface area contributed by atoms with Gasteiger partial charge in [0.1, 0.15) is 0 Å². The van der Waals surface area contributed by atoms with Gasteiger partial charge >= 0.3 is 0 Å². The molecule has 2 amide bonds. The lowest BCUT2D eigenvalue weighted by molar-refractivity contribution is -0.144. The van der Waals surface area contributed by atoms with Crippen LogP contribution in [0.4, 0.5) is 0 Å². The second kappa shape index (κ2) is 9.99. The van der Waals surface area contributed by atoms with Crippen LogP contribution in [-0.2, 0) is 16.0 Å². The van der Waals surface area contributed by atoms with Crippen molar-refractivity contribution in [2.45, 2.75) is 64.8 Å². The molecule has 2 aliphatic rings. The summed E-state index contributed by atoms with van der Waals surface area (Å²) in [5.41, 5.74) is 3.64. The van der Waals surface area contributed by atoms with Crippen molar-refractivity contribution in [1.82, 2.24) is 9.80 Å². The van der Waals surface area contributed by atoms with Gasteiger partial charge in [-0.05, 0) is 60.7 Å². The Morgan fingerprint density at radius 2 is 1.87 bits per heavy atom. The number of benzene rings is 1. The number of hydrogen-bond donors (Lipinski definition) is 0. The Hall–Kier alpha value is -2.14. The summed E-state index contributed by atoms with van der Waals surface area (Å²) in [7, 11) is 0. The Morgan fingerprint density at radius 1 is 1.10 bits per heavy atom. The molecule has 4 rings (SSSR count). The minimum absolute atomic E-state index is 0.0584. The molecule has 2 heterocycles. The number of aryl methyl sites for hydroxylation is 1. The number of hydrogen-bond acceptors (Lipinski definition) is 3. The summed E-state index contributed by atoms with van der Waals surface area (Å²) in [6.45, 7) is 5.77. The molecule has 1 aliphatic carbocycles. The van der Waals surface area contributed by atoms with Crippen LogP contribution in [0.2, 0.25) is 0 Å². The molecule has 166 valence electrons. The van der Waals surface area contributed by atoms with Gasteiger partial charge in [-0.1, -0.05) is 50.5 Å². The molecule has 1 aromatic carbocycles. The van der Waals surface area contributed by atoms with Crippen LogP contribution >= 0.6 is 11.3 Å². The zero-order valence-electron chi connectivity index (χ0n) is 18.8. The van der Waals surface area contributed by atoms with Crippen LogP contribution in [0.15, 0.2) is 35.7 Å². The molecule has 1 fully saturated rings. The van der Waals surface area contributed by atoms with Crippen molar-refractivity contribution in [3.8, 4) is 0 Å². The third-order valence-electron chi connectivity index (χ3n) is 6.86. The normalized spacial score (nSPS) is 19.2. The van der Waals surface area contributed by atoms with Gasteiger partial charge in [0.05, 0.1) is 12.6 Å². The molecule has 0 spiro atoms. The summed E-state index contributed by atoms with van der Waals surface area (Å²) < 4.78 is 0. The van der Waals surface area contributed by atoms with Crippen molar-refractivity contribution in [2.75, 3.05) is 19.6 Å². The van der Waals surface area contributed by atoms with E-state index in [4.69, 9.17) is 0 Å². The lowest BCUT2D eigenvalue weighted by Crippen LogP contribution is -2.48. The van der Waals surface area contributed by atoms with Crippen LogP contribution in [0, 0.1) is 12.8 Å². The van der Waals surface area contributed by atoms with Gasteiger partial charge in [-0.2, -0.15) is 0 Å². The molecule has 5 heteroatoms. The first kappa shape index (κ1) is 22.1. The Kier molecular flexibility index (Phi) is 7.11. The van der Waals surface area contributed by atoms with Crippen molar-refractivity contribution in [3.63, 3.8) is 0 Å². The van der Waals surface area contributed by atoms with Crippen molar-refractivity contribution in [3.05, 3.63) is 57.3 Å². The van der Waals surface area contributed by atoms with Crippen molar-refractivity contribution in [1.29, 1.82) is 0 Å². The number of fused-ring (bicyclic) bond motifs is 1. The number of carbonyl (C=O) groups excluding carboxylic acids is 2. The third kappa shape index (κ3) is 4.72. The second-order valence-electron chi connectivity index (χ2n) is 8.99. The van der Waals surface area contributed by atoms with Gasteiger partial charge < -0.3 is 9.80 Å². The van der Waals surface area contributed by atoms with E-state index < -0.39 is 0 Å². The lowest BCUT2D eigenvalue weighted by atomic mass is 9.88. The topological polar surface area (TPSA) is 40.6 Å². The maximum Gasteiger partial charge on any atom is 0.242 e. The van der Waals surface area contributed by atoms with Gasteiger partial charge in [0.2, 0.25) is 11.8 Å². The molecule has 0 radical (unpaired) electrons. The highest BCUT2D eigenvalue weighted by Gasteiger charge is 2.35. The molecule has 0 N–H and O–H groups in total. The Morgan fingerprint density at radius 3 is 2.61 bits per heavy atom. The van der Waals surface area contributed by atoms with E-state index in [9.17, 15) is 9.59 Å². The number of nitrogens with zero attached hydrogens (tertiary/aromatic N) is 2. The SMILES string of the molecule is CCCN(CC(=O)N1CCc2sccc2C1c1ccccc1C)C(=O)C1CCCCC1. The average molecular weight is 439 g/mol. The average Bonchev–Trinajstić information content (AvgIpc) is 3.27. The molecule has 1 atom stereocenters. The van der Waals surface area contributed by atoms with Gasteiger partial charge in [-0.3, -0.25) is 9.59 Å². The summed E-state index contributed by atoms with van der Waals surface area (Å²) in [6.07, 6.45) is 7.21. The molecule has 31 heavy (non-hydrogen) atoms. The quantitative estimate of drug-likeness (QED) is 0.610. The fraction of sp³-hybridized carbons (Fsp3) is 0.538. The van der Waals surface area contributed by atoms with Gasteiger partial charge in [0.15, 0.2) is 0 Å². The van der Waals surface area contributed by atoms with Crippen LogP contribution in [-0.4, -0.2) is 41.2 Å². The van der Waals surface area contributed by atoms with E-state index in [1.807, 2.05) is 15.9 Å². The minimum Gasteiger partial charge on any atom is -0.333 e. The fourth-order valence-electron chi connectivity index (χ4n) is 5.21. The van der Waals surface area contributed by atoms with Gasteiger partial charge in [0, 0.05) is 23.9 Å². The predicted octanol–water partition coefficient (Wildman–Crippen LogP) is 5.35. The molecular formula is C26H34N2O2S. The first-order valence-electron chi connectivity index (χ1n) is 11.8. The largest absolute Gasteiger partial charge is 0.333 e. The Labute approximate surface area is 190 Å². The van der Waals surface area contributed by atoms with Crippen molar-refractivity contribution >= 4 is 23.2 Å². The lowest BCUT2D eigenvalue weighted by Gasteiger charge is -2.38. The summed E-state index contributed by atoms with van der Waals surface area (Å²) in [5.74, 6) is 0.364. The van der Waals surface area contributed by atoms with Crippen LogP contribution in [0.3, 0.4) is 0 Å². The van der Waals surface area contributed by atoms with E-state index in [0.29, 0.717) is 13.1 Å². The monoisotopic (exact) mass is 438 g/mol. The zero-order valence-corrected chi connectivity index (χ0v) is 19.6. The molecule has 1 saturated carbocycles. The van der Waals surface area contributed by atoms with Crippen LogP contribution in [0.5, 0.6) is 0 Å². The minimum atomic E-state index is -0.0584. The third-order valence-corrected chi connectivity index (χ3v) is 7.85. The number of rotatable bonds is 6. The van der Waals surface area contributed by atoms with Crippen LogP contribution in [0.1, 0.15) is 73.1 Å². The van der Waals surface area contributed by atoms with Gasteiger partial charge in [0.25, 0.3) is 0 Å². The van der Waals surface area contributed by atoms with E-state index in [0.717, 1.165) is 38.5 Å². The molecule has 0 bridgehead atoms. The molecular weight excluding hydrogens is 404 g/mol. The molecule has 4 nitrogen and oxygen atoms in total. The van der Waals surface area contributed by atoms with Crippen LogP contribution in [0.25, 0.3) is 0 Å². The maximum atomic E-state index is 13.6. The highest BCUT2D eigenvalue weighted by Crippen LogP contribution is 2.39. The first-order valence-corrected chi connectivity index (χ1v) is 12.7. The van der Waals surface area contributed by atoms with E-state index in [-0.39, 0.29) is 30.3 Å². The summed E-state index contributed by atoms with van der Waals surface area (Å²) in [5, 5.41) is 2.14. The van der Waals surface area contributed by atoms with Crippen molar-refractivity contribution < 1.29 is 9.59 Å². The fourth-order valence-corrected chi connectivity index (χ4v) is 6.12. The maximum absolute atomic E-state index is 13.6. The Bertz CT molecular complexity index is 916. The molecule has 2 aromatic rings.